The highest BCUT2D eigenvalue weighted by molar-refractivity contribution is 7.08. The van der Waals surface area contributed by atoms with E-state index in [0.717, 1.165) is 53.8 Å². The Balaban J connectivity index is 1.36. The summed E-state index contributed by atoms with van der Waals surface area (Å²) in [6, 6.07) is 25.8. The molecule has 1 amide bonds. The third-order valence-electron chi connectivity index (χ3n) is 7.99. The standard InChI is InChI=1S/C35H36N4O2S/c1-2-30(25-11-5-3-6-12-25)37-34(40)26-14-15-31-29(21-26)32(35(41)38-31)33(27-16-19-42-23-27)36-28-13-9-10-24(20-28)22-39-17-7-4-8-18-39/h3,5-6,9-16,19-21,23,30,38,41H,2,4,7-8,17-18,22H2,1H3,(H,37,40)/t30-/m1/s1. The average Bonchev–Trinajstić information content (AvgIpc) is 3.67. The summed E-state index contributed by atoms with van der Waals surface area (Å²) >= 11 is 1.59. The Labute approximate surface area is 250 Å². The molecular formula is C35H36N4O2S. The van der Waals surface area contributed by atoms with Crippen LogP contribution in [0.1, 0.15) is 71.3 Å². The van der Waals surface area contributed by atoms with Crippen LogP contribution in [0.2, 0.25) is 0 Å². The highest BCUT2D eigenvalue weighted by Gasteiger charge is 2.21. The summed E-state index contributed by atoms with van der Waals surface area (Å²) in [6.07, 6.45) is 4.60. The maximum absolute atomic E-state index is 13.4. The Hall–Kier alpha value is -4.20. The van der Waals surface area contributed by atoms with Gasteiger partial charge in [0.2, 0.25) is 0 Å². The molecule has 6 rings (SSSR count). The van der Waals surface area contributed by atoms with Crippen LogP contribution in [-0.4, -0.2) is 39.7 Å². The average molecular weight is 577 g/mol. The summed E-state index contributed by atoms with van der Waals surface area (Å²) in [5.41, 5.74) is 6.60. The van der Waals surface area contributed by atoms with Gasteiger partial charge in [-0.2, -0.15) is 11.3 Å². The van der Waals surface area contributed by atoms with Crippen molar-refractivity contribution in [2.24, 2.45) is 4.99 Å². The summed E-state index contributed by atoms with van der Waals surface area (Å²) < 4.78 is 0. The fraction of sp³-hybridized carbons (Fsp3) is 0.257. The number of H-pyrrole nitrogens is 1. The van der Waals surface area contributed by atoms with Gasteiger partial charge in [0, 0.05) is 34.0 Å². The third-order valence-corrected chi connectivity index (χ3v) is 8.68. The smallest absolute Gasteiger partial charge is 0.251 e. The maximum atomic E-state index is 13.4. The number of carbonyl (C=O) groups excluding carboxylic acids is 1. The number of benzene rings is 3. The fourth-order valence-corrected chi connectivity index (χ4v) is 6.44. The zero-order valence-electron chi connectivity index (χ0n) is 23.8. The van der Waals surface area contributed by atoms with Crippen molar-refractivity contribution in [3.8, 4) is 5.88 Å². The van der Waals surface area contributed by atoms with Crippen LogP contribution in [0.5, 0.6) is 5.88 Å². The minimum absolute atomic E-state index is 0.0349. The number of aromatic nitrogens is 1. The van der Waals surface area contributed by atoms with Crippen molar-refractivity contribution in [2.75, 3.05) is 13.1 Å². The van der Waals surface area contributed by atoms with Crippen LogP contribution in [-0.2, 0) is 6.54 Å². The van der Waals surface area contributed by atoms with E-state index in [1.54, 1.807) is 17.4 Å². The molecule has 3 aromatic carbocycles. The van der Waals surface area contributed by atoms with E-state index in [9.17, 15) is 9.90 Å². The third kappa shape index (κ3) is 6.17. The van der Waals surface area contributed by atoms with E-state index in [0.29, 0.717) is 16.8 Å². The van der Waals surface area contributed by atoms with E-state index < -0.39 is 0 Å². The zero-order chi connectivity index (χ0) is 28.9. The topological polar surface area (TPSA) is 80.7 Å². The molecule has 6 nitrogen and oxygen atoms in total. The number of hydrogen-bond acceptors (Lipinski definition) is 5. The molecule has 3 N–H and O–H groups in total. The number of aromatic amines is 1. The van der Waals surface area contributed by atoms with E-state index in [2.05, 4.69) is 40.3 Å². The lowest BCUT2D eigenvalue weighted by Gasteiger charge is -2.26. The van der Waals surface area contributed by atoms with Gasteiger partial charge in [-0.15, -0.1) is 0 Å². The summed E-state index contributed by atoms with van der Waals surface area (Å²) in [7, 11) is 0. The van der Waals surface area contributed by atoms with Crippen LogP contribution in [0.15, 0.2) is 94.6 Å². The van der Waals surface area contributed by atoms with E-state index in [4.69, 9.17) is 4.99 Å². The summed E-state index contributed by atoms with van der Waals surface area (Å²) in [6.45, 7) is 5.25. The Morgan fingerprint density at radius 2 is 1.83 bits per heavy atom. The number of rotatable bonds is 9. The van der Waals surface area contributed by atoms with Crippen LogP contribution in [0.4, 0.5) is 5.69 Å². The number of carbonyl (C=O) groups is 1. The molecule has 1 atom stereocenters. The van der Waals surface area contributed by atoms with Gasteiger partial charge in [-0.25, -0.2) is 4.99 Å². The molecule has 0 unspecified atom stereocenters. The molecule has 2 aromatic heterocycles. The number of aromatic hydroxyl groups is 1. The molecule has 5 aromatic rings. The lowest BCUT2D eigenvalue weighted by atomic mass is 10.0. The van der Waals surface area contributed by atoms with E-state index in [1.807, 2.05) is 65.4 Å². The van der Waals surface area contributed by atoms with Crippen molar-refractivity contribution < 1.29 is 9.90 Å². The van der Waals surface area contributed by atoms with E-state index in [-0.39, 0.29) is 17.8 Å². The summed E-state index contributed by atoms with van der Waals surface area (Å²) in [5, 5.41) is 19.2. The highest BCUT2D eigenvalue weighted by Crippen LogP contribution is 2.33. The number of piperidine rings is 1. The van der Waals surface area contributed by atoms with Crippen LogP contribution in [0.25, 0.3) is 10.9 Å². The minimum Gasteiger partial charge on any atom is -0.494 e. The van der Waals surface area contributed by atoms with Gasteiger partial charge < -0.3 is 15.4 Å². The molecule has 1 saturated heterocycles. The zero-order valence-corrected chi connectivity index (χ0v) is 24.7. The van der Waals surface area contributed by atoms with Gasteiger partial charge in [0.1, 0.15) is 0 Å². The Kier molecular flexibility index (Phi) is 8.49. The predicted molar refractivity (Wildman–Crippen MR) is 172 cm³/mol. The first-order valence-electron chi connectivity index (χ1n) is 14.7. The minimum atomic E-state index is -0.154. The molecule has 0 aliphatic carbocycles. The van der Waals surface area contributed by atoms with Gasteiger partial charge in [0.15, 0.2) is 5.88 Å². The van der Waals surface area contributed by atoms with E-state index >= 15 is 0 Å². The number of likely N-dealkylation sites (tertiary alicyclic amines) is 1. The molecule has 7 heteroatoms. The SMILES string of the molecule is CC[C@@H](NC(=O)c1ccc2[nH]c(O)c(C(=Nc3cccc(CN4CCCCC4)c3)c3ccsc3)c2c1)c1ccccc1. The normalized spacial score (nSPS) is 15.1. The summed E-state index contributed by atoms with van der Waals surface area (Å²) in [5.74, 6) is -0.119. The van der Waals surface area contributed by atoms with Crippen LogP contribution in [0, 0.1) is 0 Å². The molecule has 0 bridgehead atoms. The second-order valence-electron chi connectivity index (χ2n) is 10.9. The lowest BCUT2D eigenvalue weighted by Crippen LogP contribution is -2.28. The number of aliphatic imine (C=N–C) groups is 1. The van der Waals surface area contributed by atoms with Crippen LogP contribution >= 0.6 is 11.3 Å². The number of fused-ring (bicyclic) bond motifs is 1. The van der Waals surface area contributed by atoms with Gasteiger partial charge in [0.05, 0.1) is 23.0 Å². The molecular weight excluding hydrogens is 540 g/mol. The van der Waals surface area contributed by atoms with Crippen molar-refractivity contribution >= 4 is 39.5 Å². The second-order valence-corrected chi connectivity index (χ2v) is 11.7. The number of amides is 1. The van der Waals surface area contributed by atoms with Crippen LogP contribution < -0.4 is 5.32 Å². The molecule has 214 valence electrons. The van der Waals surface area contributed by atoms with E-state index in [1.165, 1.54) is 24.8 Å². The fourth-order valence-electron chi connectivity index (χ4n) is 5.80. The van der Waals surface area contributed by atoms with Crippen molar-refractivity contribution in [1.29, 1.82) is 0 Å². The predicted octanol–water partition coefficient (Wildman–Crippen LogP) is 7.97. The van der Waals surface area contributed by atoms with Gasteiger partial charge in [-0.1, -0.05) is 55.8 Å². The van der Waals surface area contributed by atoms with Gasteiger partial charge in [-0.05, 0) is 85.3 Å². The van der Waals surface area contributed by atoms with Crippen molar-refractivity contribution in [3.63, 3.8) is 0 Å². The first-order chi connectivity index (χ1) is 20.6. The maximum Gasteiger partial charge on any atom is 0.251 e. The molecule has 1 aliphatic rings. The first-order valence-corrected chi connectivity index (χ1v) is 15.7. The number of nitrogens with zero attached hydrogens (tertiary/aromatic N) is 2. The Bertz CT molecular complexity index is 1690. The van der Waals surface area contributed by atoms with Crippen molar-refractivity contribution in [1.82, 2.24) is 15.2 Å². The molecule has 3 heterocycles. The molecule has 1 fully saturated rings. The van der Waals surface area contributed by atoms with Crippen molar-refractivity contribution in [2.45, 2.75) is 45.2 Å². The number of thiophene rings is 1. The van der Waals surface area contributed by atoms with Crippen LogP contribution in [0.3, 0.4) is 0 Å². The Morgan fingerprint density at radius 3 is 2.60 bits per heavy atom. The quantitative estimate of drug-likeness (QED) is 0.156. The monoisotopic (exact) mass is 576 g/mol. The summed E-state index contributed by atoms with van der Waals surface area (Å²) in [4.78, 5) is 24.1. The molecule has 0 saturated carbocycles. The molecule has 1 aliphatic heterocycles. The highest BCUT2D eigenvalue weighted by atomic mass is 32.1. The molecule has 42 heavy (non-hydrogen) atoms. The molecule has 0 spiro atoms. The number of hydrogen-bond donors (Lipinski definition) is 3. The van der Waals surface area contributed by atoms with Gasteiger partial charge >= 0.3 is 0 Å². The van der Waals surface area contributed by atoms with Crippen molar-refractivity contribution in [3.05, 3.63) is 117 Å². The lowest BCUT2D eigenvalue weighted by molar-refractivity contribution is 0.0935. The number of nitrogens with one attached hydrogen (secondary N) is 2. The second kappa shape index (κ2) is 12.8. The Morgan fingerprint density at radius 1 is 1.00 bits per heavy atom. The van der Waals surface area contributed by atoms with Gasteiger partial charge in [0.25, 0.3) is 5.91 Å². The largest absolute Gasteiger partial charge is 0.494 e. The first kappa shape index (κ1) is 27.9. The van der Waals surface area contributed by atoms with Gasteiger partial charge in [-0.3, -0.25) is 9.69 Å². The molecule has 0 radical (unpaired) electrons.